The van der Waals surface area contributed by atoms with Gasteiger partial charge in [0, 0.05) is 43.9 Å². The van der Waals surface area contributed by atoms with E-state index in [1.807, 2.05) is 121 Å². The van der Waals surface area contributed by atoms with Crippen molar-refractivity contribution in [3.63, 3.8) is 0 Å². The summed E-state index contributed by atoms with van der Waals surface area (Å²) >= 11 is 0. The summed E-state index contributed by atoms with van der Waals surface area (Å²) in [6, 6.07) is 39.7. The summed E-state index contributed by atoms with van der Waals surface area (Å²) in [6.07, 6.45) is 0. The Morgan fingerprint density at radius 3 is 1.89 bits per heavy atom. The van der Waals surface area contributed by atoms with Gasteiger partial charge < -0.3 is 8.98 Å². The molecule has 0 aliphatic carbocycles. The van der Waals surface area contributed by atoms with E-state index in [1.54, 1.807) is 22.8 Å². The number of aromatic nitrogens is 4. The summed E-state index contributed by atoms with van der Waals surface area (Å²) in [7, 11) is 0. The molecule has 0 saturated carbocycles. The lowest BCUT2D eigenvalue weighted by molar-refractivity contribution is 0.669. The smallest absolute Gasteiger partial charge is 0.164 e. The van der Waals surface area contributed by atoms with E-state index in [-0.39, 0.29) is 34.1 Å². The molecule has 11 aromatic rings. The van der Waals surface area contributed by atoms with Crippen LogP contribution >= 0.6 is 0 Å². The number of hydrogen-bond donors (Lipinski definition) is 0. The molecule has 0 unspecified atom stereocenters. The van der Waals surface area contributed by atoms with Crippen LogP contribution in [-0.4, -0.2) is 19.5 Å². The Morgan fingerprint density at radius 1 is 0.411 bits per heavy atom. The number of para-hydroxylation sites is 2. The highest BCUT2D eigenvalue weighted by Crippen LogP contribution is 2.41. The molecule has 8 aromatic carbocycles. The molecular weight excluding hydrogens is 685 g/mol. The van der Waals surface area contributed by atoms with Crippen LogP contribution in [-0.2, 0) is 0 Å². The van der Waals surface area contributed by atoms with Gasteiger partial charge in [0.05, 0.1) is 23.4 Å². The van der Waals surface area contributed by atoms with Crippen LogP contribution in [0.25, 0.3) is 106 Å². The quantitative estimate of drug-likeness (QED) is 0.171. The number of furan rings is 1. The number of fused-ring (bicyclic) bond motifs is 6. The maximum atomic E-state index is 9.39. The average molecular weight is 726 g/mol. The van der Waals surface area contributed by atoms with Gasteiger partial charge in [-0.3, -0.25) is 0 Å². The van der Waals surface area contributed by atoms with Crippen LogP contribution in [0.5, 0.6) is 0 Å². The maximum Gasteiger partial charge on any atom is 0.164 e. The molecule has 0 aliphatic rings. The Morgan fingerprint density at radius 2 is 1.05 bits per heavy atom. The molecule has 0 atom stereocenters. The van der Waals surface area contributed by atoms with Crippen LogP contribution in [0.1, 0.15) is 12.3 Å². The zero-order valence-corrected chi connectivity index (χ0v) is 29.5. The van der Waals surface area contributed by atoms with Crippen LogP contribution in [0.3, 0.4) is 0 Å². The normalized spacial score (nSPS) is 13.8. The maximum absolute atomic E-state index is 9.39. The Labute approximate surface area is 335 Å². The molecule has 262 valence electrons. The van der Waals surface area contributed by atoms with Gasteiger partial charge in [0.15, 0.2) is 17.5 Å². The molecule has 0 saturated heterocycles. The molecule has 11 rings (SSSR count). The van der Waals surface area contributed by atoms with Crippen molar-refractivity contribution in [2.24, 2.45) is 0 Å². The Kier molecular flexibility index (Phi) is 5.57. The molecule has 3 aromatic heterocycles. The van der Waals surface area contributed by atoms with Crippen LogP contribution in [0.15, 0.2) is 198 Å². The average Bonchev–Trinajstić information content (AvgIpc) is 3.91. The van der Waals surface area contributed by atoms with Crippen molar-refractivity contribution in [2.45, 2.75) is 0 Å². The minimum absolute atomic E-state index is 0.0848. The lowest BCUT2D eigenvalue weighted by Gasteiger charge is -2.15. The lowest BCUT2D eigenvalue weighted by atomic mass is 9.99. The molecule has 5 nitrogen and oxygen atoms in total. The van der Waals surface area contributed by atoms with Gasteiger partial charge in [-0.25, -0.2) is 15.0 Å². The highest BCUT2D eigenvalue weighted by molar-refractivity contribution is 6.16. The van der Waals surface area contributed by atoms with Gasteiger partial charge in [-0.1, -0.05) is 151 Å². The molecule has 0 bridgehead atoms. The highest BCUT2D eigenvalue weighted by Gasteiger charge is 2.21. The largest absolute Gasteiger partial charge is 0.456 e. The van der Waals surface area contributed by atoms with Gasteiger partial charge in [0.25, 0.3) is 0 Å². The van der Waals surface area contributed by atoms with Gasteiger partial charge in [0.1, 0.15) is 11.2 Å². The number of benzene rings is 8. The van der Waals surface area contributed by atoms with Gasteiger partial charge in [-0.2, -0.15) is 0 Å². The van der Waals surface area contributed by atoms with E-state index in [1.165, 1.54) is 0 Å². The predicted molar refractivity (Wildman–Crippen MR) is 229 cm³/mol. The summed E-state index contributed by atoms with van der Waals surface area (Å²) in [5.74, 6) is 1.17. The fraction of sp³-hybridized carbons (Fsp3) is 0. The van der Waals surface area contributed by atoms with E-state index in [2.05, 4.69) is 0 Å². The van der Waals surface area contributed by atoms with Gasteiger partial charge in [-0.15, -0.1) is 0 Å². The van der Waals surface area contributed by atoms with Crippen LogP contribution in [0, 0.1) is 0 Å². The standard InChI is InChI=1S/C51H32N4O/c1-4-16-33(17-5-1)36-30-37(32-38(31-36)55-43-26-12-10-22-40(43)47-39(24-14-27-44(47)55)34-18-6-2-7-19-34)50-52-49(35-20-8-3-9-21-35)53-51(54-50)42-25-15-29-46-48(42)41-23-11-13-28-45(41)56-46/h1-32H/i2D,6D,7D,10D,12D,18D,19D,22D,26D. The molecule has 0 fully saturated rings. The van der Waals surface area contributed by atoms with Gasteiger partial charge in [0.2, 0.25) is 0 Å². The van der Waals surface area contributed by atoms with Crippen molar-refractivity contribution in [1.29, 1.82) is 0 Å². The van der Waals surface area contributed by atoms with Crippen LogP contribution in [0.2, 0.25) is 0 Å². The molecule has 0 aliphatic heterocycles. The monoisotopic (exact) mass is 725 g/mol. The van der Waals surface area contributed by atoms with Crippen molar-refractivity contribution >= 4 is 43.7 Å². The second-order valence-electron chi connectivity index (χ2n) is 13.3. The summed E-state index contributed by atoms with van der Waals surface area (Å²) in [5, 5.41) is 2.20. The third kappa shape index (κ3) is 5.29. The van der Waals surface area contributed by atoms with Crippen LogP contribution < -0.4 is 0 Å². The van der Waals surface area contributed by atoms with E-state index in [9.17, 15) is 2.74 Å². The third-order valence-corrected chi connectivity index (χ3v) is 10.0. The Bertz CT molecular complexity index is 3750. The molecule has 0 radical (unpaired) electrons. The first-order valence-corrected chi connectivity index (χ1v) is 18.0. The minimum atomic E-state index is -0.544. The molecule has 5 heteroatoms. The van der Waals surface area contributed by atoms with Crippen molar-refractivity contribution in [2.75, 3.05) is 0 Å². The first-order chi connectivity index (χ1) is 31.5. The van der Waals surface area contributed by atoms with Crippen molar-refractivity contribution < 1.29 is 16.8 Å². The van der Waals surface area contributed by atoms with Crippen LogP contribution in [0.4, 0.5) is 0 Å². The fourth-order valence-corrected chi connectivity index (χ4v) is 7.59. The molecule has 3 heterocycles. The molecule has 0 N–H and O–H groups in total. The van der Waals surface area contributed by atoms with E-state index < -0.39 is 42.3 Å². The molecular formula is C51H32N4O. The Balaban J connectivity index is 1.25. The van der Waals surface area contributed by atoms with Crippen molar-refractivity contribution in [3.8, 4) is 62.1 Å². The summed E-state index contributed by atoms with van der Waals surface area (Å²) in [6.45, 7) is 0. The number of nitrogens with zero attached hydrogens (tertiary/aromatic N) is 4. The summed E-state index contributed by atoms with van der Waals surface area (Å²) < 4.78 is 87.4. The summed E-state index contributed by atoms with van der Waals surface area (Å²) in [4.78, 5) is 15.3. The zero-order valence-electron chi connectivity index (χ0n) is 38.5. The van der Waals surface area contributed by atoms with Crippen molar-refractivity contribution in [1.82, 2.24) is 19.5 Å². The first kappa shape index (κ1) is 23.9. The second-order valence-corrected chi connectivity index (χ2v) is 13.3. The number of rotatable bonds is 6. The van der Waals surface area contributed by atoms with Gasteiger partial charge >= 0.3 is 0 Å². The number of hydrogen-bond acceptors (Lipinski definition) is 4. The van der Waals surface area contributed by atoms with Gasteiger partial charge in [-0.05, 0) is 64.7 Å². The van der Waals surface area contributed by atoms with E-state index in [0.717, 1.165) is 38.6 Å². The fourth-order valence-electron chi connectivity index (χ4n) is 7.59. The minimum Gasteiger partial charge on any atom is -0.456 e. The second kappa shape index (κ2) is 13.0. The Hall–Kier alpha value is -7.63. The zero-order chi connectivity index (χ0) is 44.8. The van der Waals surface area contributed by atoms with E-state index in [4.69, 9.17) is 29.0 Å². The SMILES string of the molecule is [2H]c1c([2H])c([2H])c(-c2cccc3c2c2c([2H])c([2H])c([2H])c([2H])c2n3-c2cc(-c3ccccc3)cc(-c3nc(-c4ccccc4)nc(-c4cccc5oc6ccccc6c45)n3)c2)c([2H])c1[2H]. The lowest BCUT2D eigenvalue weighted by Crippen LogP contribution is -2.02. The van der Waals surface area contributed by atoms with E-state index >= 15 is 0 Å². The predicted octanol–water partition coefficient (Wildman–Crippen LogP) is 13.2. The summed E-state index contributed by atoms with van der Waals surface area (Å²) in [5.41, 5.74) is 6.29. The topological polar surface area (TPSA) is 56.7 Å². The highest BCUT2D eigenvalue weighted by atomic mass is 16.3. The molecule has 0 amide bonds. The van der Waals surface area contributed by atoms with Crippen molar-refractivity contribution in [3.05, 3.63) is 194 Å². The third-order valence-electron chi connectivity index (χ3n) is 10.0. The van der Waals surface area contributed by atoms with E-state index in [0.29, 0.717) is 45.2 Å². The first-order valence-electron chi connectivity index (χ1n) is 22.5. The molecule has 0 spiro atoms. The molecule has 56 heavy (non-hydrogen) atoms.